The van der Waals surface area contributed by atoms with Gasteiger partial charge in [0, 0.05) is 38.3 Å². The molecule has 0 atom stereocenters. The molecule has 4 rings (SSSR count). The van der Waals surface area contributed by atoms with E-state index >= 15 is 0 Å². The second-order valence-corrected chi connectivity index (χ2v) is 10.2. The molecule has 1 aromatic heterocycles. The van der Waals surface area contributed by atoms with E-state index in [1.807, 2.05) is 41.3 Å². The summed E-state index contributed by atoms with van der Waals surface area (Å²) in [6.45, 7) is 7.13. The van der Waals surface area contributed by atoms with Gasteiger partial charge in [0.15, 0.2) is 5.82 Å². The normalized spacial score (nSPS) is 13.5. The predicted molar refractivity (Wildman–Crippen MR) is 150 cm³/mol. The number of amides is 2. The van der Waals surface area contributed by atoms with Crippen LogP contribution >= 0.6 is 11.6 Å². The summed E-state index contributed by atoms with van der Waals surface area (Å²) in [6, 6.07) is 18.6. The van der Waals surface area contributed by atoms with Gasteiger partial charge in [-0.25, -0.2) is 0 Å². The number of benzene rings is 2. The van der Waals surface area contributed by atoms with E-state index in [0.29, 0.717) is 49.2 Å². The van der Waals surface area contributed by atoms with Gasteiger partial charge in [-0.2, -0.15) is 0 Å². The highest BCUT2D eigenvalue weighted by Gasteiger charge is 2.26. The number of piperazine rings is 1. The molecule has 38 heavy (non-hydrogen) atoms. The quantitative estimate of drug-likeness (QED) is 0.397. The van der Waals surface area contributed by atoms with Crippen LogP contribution in [0, 0.1) is 5.92 Å². The minimum atomic E-state index is -0.213. The molecule has 8 nitrogen and oxygen atoms in total. The summed E-state index contributed by atoms with van der Waals surface area (Å²) in [7, 11) is 1.64. The highest BCUT2D eigenvalue weighted by atomic mass is 35.5. The van der Waals surface area contributed by atoms with Crippen molar-refractivity contribution in [3.8, 4) is 17.0 Å². The number of rotatable bonds is 9. The summed E-state index contributed by atoms with van der Waals surface area (Å²) in [6.07, 6.45) is 0.807. The van der Waals surface area contributed by atoms with E-state index in [4.69, 9.17) is 16.3 Å². The fourth-order valence-corrected chi connectivity index (χ4v) is 4.57. The lowest BCUT2D eigenvalue weighted by molar-refractivity contribution is -0.132. The molecule has 0 bridgehead atoms. The number of ether oxygens (including phenoxy) is 1. The number of carbonyl (C=O) groups is 2. The molecular formula is C29H34ClN5O3. The number of hydrogen-bond donors (Lipinski definition) is 0. The Balaban J connectivity index is 1.36. The zero-order valence-corrected chi connectivity index (χ0v) is 22.9. The molecule has 200 valence electrons. The molecule has 1 fully saturated rings. The van der Waals surface area contributed by atoms with Crippen LogP contribution in [0.15, 0.2) is 60.7 Å². The van der Waals surface area contributed by atoms with Gasteiger partial charge in [0.05, 0.1) is 23.4 Å². The van der Waals surface area contributed by atoms with Crippen molar-refractivity contribution in [3.63, 3.8) is 0 Å². The highest BCUT2D eigenvalue weighted by Crippen LogP contribution is 2.23. The van der Waals surface area contributed by atoms with Gasteiger partial charge < -0.3 is 19.4 Å². The molecule has 1 aliphatic rings. The first-order valence-corrected chi connectivity index (χ1v) is 13.3. The molecule has 0 unspecified atom stereocenters. The number of hydrogen-bond acceptors (Lipinski definition) is 6. The summed E-state index contributed by atoms with van der Waals surface area (Å²) in [5.74, 6) is 1.68. The Morgan fingerprint density at radius 3 is 2.42 bits per heavy atom. The van der Waals surface area contributed by atoms with Crippen LogP contribution in [0.25, 0.3) is 11.3 Å². The Hall–Kier alpha value is -3.65. The molecule has 0 spiro atoms. The number of aromatic nitrogens is 2. The molecule has 0 N–H and O–H groups in total. The lowest BCUT2D eigenvalue weighted by Crippen LogP contribution is -2.52. The molecule has 2 aromatic carbocycles. The third kappa shape index (κ3) is 6.81. The number of nitrogens with zero attached hydrogens (tertiary/aromatic N) is 5. The van der Waals surface area contributed by atoms with Crippen LogP contribution in [0.3, 0.4) is 0 Å². The average Bonchev–Trinajstić information content (AvgIpc) is 2.95. The fraction of sp³-hybridized carbons (Fsp3) is 0.379. The Kier molecular flexibility index (Phi) is 9.18. The Labute approximate surface area is 229 Å². The second kappa shape index (κ2) is 12.7. The third-order valence-corrected chi connectivity index (χ3v) is 7.00. The maximum atomic E-state index is 13.2. The van der Waals surface area contributed by atoms with E-state index in [1.54, 1.807) is 36.3 Å². The van der Waals surface area contributed by atoms with Crippen molar-refractivity contribution in [3.05, 3.63) is 71.2 Å². The Morgan fingerprint density at radius 1 is 1.00 bits per heavy atom. The minimum absolute atomic E-state index is 0.0335. The van der Waals surface area contributed by atoms with Crippen molar-refractivity contribution in [1.29, 1.82) is 0 Å². The van der Waals surface area contributed by atoms with E-state index in [1.165, 1.54) is 0 Å². The first-order chi connectivity index (χ1) is 18.4. The maximum Gasteiger partial charge on any atom is 0.255 e. The van der Waals surface area contributed by atoms with E-state index in [2.05, 4.69) is 28.9 Å². The zero-order chi connectivity index (χ0) is 27.1. The lowest BCUT2D eigenvalue weighted by Gasteiger charge is -2.36. The molecule has 0 saturated carbocycles. The summed E-state index contributed by atoms with van der Waals surface area (Å²) in [5, 5.41) is 9.22. The van der Waals surface area contributed by atoms with Gasteiger partial charge >= 0.3 is 0 Å². The van der Waals surface area contributed by atoms with Crippen molar-refractivity contribution < 1.29 is 14.3 Å². The zero-order valence-electron chi connectivity index (χ0n) is 22.1. The number of carbonyl (C=O) groups excluding carboxylic acids is 2. The molecule has 3 aromatic rings. The fourth-order valence-electron chi connectivity index (χ4n) is 4.35. The molecule has 1 saturated heterocycles. The van der Waals surface area contributed by atoms with E-state index in [-0.39, 0.29) is 18.4 Å². The van der Waals surface area contributed by atoms with Gasteiger partial charge in [0.2, 0.25) is 5.91 Å². The summed E-state index contributed by atoms with van der Waals surface area (Å²) in [5.41, 5.74) is 2.13. The monoisotopic (exact) mass is 535 g/mol. The predicted octanol–water partition coefficient (Wildman–Crippen LogP) is 4.64. The van der Waals surface area contributed by atoms with Crippen LogP contribution in [-0.4, -0.2) is 78.2 Å². The second-order valence-electron chi connectivity index (χ2n) is 9.77. The van der Waals surface area contributed by atoms with Crippen LogP contribution in [0.1, 0.15) is 30.6 Å². The van der Waals surface area contributed by atoms with Crippen molar-refractivity contribution in [2.75, 3.05) is 51.3 Å². The number of methoxy groups -OCH3 is 1. The van der Waals surface area contributed by atoms with Crippen molar-refractivity contribution in [2.45, 2.75) is 20.3 Å². The Bertz CT molecular complexity index is 1240. The van der Waals surface area contributed by atoms with Crippen LogP contribution in [0.5, 0.6) is 5.75 Å². The first-order valence-electron chi connectivity index (χ1n) is 12.9. The van der Waals surface area contributed by atoms with Crippen LogP contribution in [0.4, 0.5) is 5.82 Å². The standard InChI is InChI=1S/C29H34ClN5O3/c1-21(2)13-14-35(29(37)24-9-4-5-10-25(24)30)20-28(36)34-17-15-33(16-18-34)27-12-11-26(31-32-27)22-7-6-8-23(19-22)38-3/h4-12,19,21H,13-18,20H2,1-3H3. The van der Waals surface area contributed by atoms with Crippen LogP contribution in [0.2, 0.25) is 5.02 Å². The summed E-state index contributed by atoms with van der Waals surface area (Å²) in [4.78, 5) is 32.0. The lowest BCUT2D eigenvalue weighted by atomic mass is 10.1. The third-order valence-electron chi connectivity index (χ3n) is 6.67. The van der Waals surface area contributed by atoms with Crippen LogP contribution in [-0.2, 0) is 4.79 Å². The molecule has 2 amide bonds. The van der Waals surface area contributed by atoms with E-state index < -0.39 is 0 Å². The molecule has 0 radical (unpaired) electrons. The van der Waals surface area contributed by atoms with Gasteiger partial charge in [-0.1, -0.05) is 49.7 Å². The number of anilines is 1. The van der Waals surface area contributed by atoms with Gasteiger partial charge in [-0.3, -0.25) is 9.59 Å². The topological polar surface area (TPSA) is 78.9 Å². The van der Waals surface area contributed by atoms with Crippen LogP contribution < -0.4 is 9.64 Å². The van der Waals surface area contributed by atoms with Gasteiger partial charge in [0.1, 0.15) is 12.3 Å². The maximum absolute atomic E-state index is 13.2. The largest absolute Gasteiger partial charge is 0.497 e. The highest BCUT2D eigenvalue weighted by molar-refractivity contribution is 6.33. The van der Waals surface area contributed by atoms with Gasteiger partial charge in [-0.05, 0) is 48.7 Å². The SMILES string of the molecule is COc1cccc(-c2ccc(N3CCN(C(=O)CN(CCC(C)C)C(=O)c4ccccc4Cl)CC3)nn2)c1. The van der Waals surface area contributed by atoms with E-state index in [0.717, 1.165) is 29.2 Å². The summed E-state index contributed by atoms with van der Waals surface area (Å²) < 4.78 is 5.30. The molecule has 9 heteroatoms. The smallest absolute Gasteiger partial charge is 0.255 e. The van der Waals surface area contributed by atoms with Gasteiger partial charge in [0.25, 0.3) is 5.91 Å². The summed E-state index contributed by atoms with van der Waals surface area (Å²) >= 11 is 6.28. The molecule has 2 heterocycles. The average molecular weight is 536 g/mol. The van der Waals surface area contributed by atoms with Gasteiger partial charge in [-0.15, -0.1) is 10.2 Å². The first kappa shape index (κ1) is 27.4. The molecule has 1 aliphatic heterocycles. The van der Waals surface area contributed by atoms with Crippen molar-refractivity contribution >= 4 is 29.2 Å². The minimum Gasteiger partial charge on any atom is -0.497 e. The molecule has 0 aliphatic carbocycles. The number of halogens is 1. The molecular weight excluding hydrogens is 502 g/mol. The Morgan fingerprint density at radius 2 is 1.76 bits per heavy atom. The van der Waals surface area contributed by atoms with E-state index in [9.17, 15) is 9.59 Å². The van der Waals surface area contributed by atoms with Crippen molar-refractivity contribution in [1.82, 2.24) is 20.0 Å². The van der Waals surface area contributed by atoms with Crippen molar-refractivity contribution in [2.24, 2.45) is 5.92 Å².